The number of nitrogens with zero attached hydrogens (tertiary/aromatic N) is 1. The molecular formula is C18H24N2O5S. The van der Waals surface area contributed by atoms with E-state index in [1.54, 1.807) is 30.2 Å². The maximum Gasteiger partial charge on any atom is 0.308 e. The SMILES string of the molecule is COCCNC(=O)CSc1ccccc1C(=O)N1CCCC(C(=O)O)C1. The molecule has 1 atom stereocenters. The molecule has 2 rings (SSSR count). The number of amides is 2. The summed E-state index contributed by atoms with van der Waals surface area (Å²) >= 11 is 1.30. The Balaban J connectivity index is 2.00. The number of carbonyl (C=O) groups excluding carboxylic acids is 2. The summed E-state index contributed by atoms with van der Waals surface area (Å²) in [5.41, 5.74) is 0.508. The Hall–Kier alpha value is -2.06. The number of rotatable bonds is 8. The zero-order valence-corrected chi connectivity index (χ0v) is 15.6. The van der Waals surface area contributed by atoms with Crippen molar-refractivity contribution in [1.29, 1.82) is 0 Å². The van der Waals surface area contributed by atoms with E-state index in [-0.39, 0.29) is 24.1 Å². The first-order chi connectivity index (χ1) is 12.5. The van der Waals surface area contributed by atoms with Gasteiger partial charge in [-0.3, -0.25) is 14.4 Å². The Morgan fingerprint density at radius 3 is 2.85 bits per heavy atom. The Labute approximate surface area is 157 Å². The van der Waals surface area contributed by atoms with Crippen LogP contribution in [-0.2, 0) is 14.3 Å². The number of methoxy groups -OCH3 is 1. The van der Waals surface area contributed by atoms with E-state index >= 15 is 0 Å². The molecule has 1 aromatic rings. The summed E-state index contributed by atoms with van der Waals surface area (Å²) < 4.78 is 4.88. The second-order valence-corrected chi connectivity index (χ2v) is 7.07. The number of carbonyl (C=O) groups is 3. The van der Waals surface area contributed by atoms with Crippen LogP contribution in [0, 0.1) is 5.92 Å². The Morgan fingerprint density at radius 1 is 1.35 bits per heavy atom. The maximum atomic E-state index is 12.8. The third-order valence-corrected chi connectivity index (χ3v) is 5.24. The van der Waals surface area contributed by atoms with Gasteiger partial charge in [0.2, 0.25) is 5.91 Å². The average molecular weight is 380 g/mol. The second kappa shape index (κ2) is 10.2. The van der Waals surface area contributed by atoms with Crippen molar-refractivity contribution in [2.24, 2.45) is 5.92 Å². The largest absolute Gasteiger partial charge is 0.481 e. The van der Waals surface area contributed by atoms with Gasteiger partial charge in [0.1, 0.15) is 0 Å². The van der Waals surface area contributed by atoms with E-state index in [9.17, 15) is 19.5 Å². The molecule has 1 aliphatic rings. The van der Waals surface area contributed by atoms with Gasteiger partial charge in [0, 0.05) is 31.6 Å². The molecule has 0 aromatic heterocycles. The lowest BCUT2D eigenvalue weighted by atomic mass is 9.97. The van der Waals surface area contributed by atoms with Crippen LogP contribution in [0.3, 0.4) is 0 Å². The normalized spacial score (nSPS) is 17.0. The van der Waals surface area contributed by atoms with Gasteiger partial charge in [-0.15, -0.1) is 11.8 Å². The third-order valence-electron chi connectivity index (χ3n) is 4.16. The summed E-state index contributed by atoms with van der Waals surface area (Å²) in [6.07, 6.45) is 1.27. The second-order valence-electron chi connectivity index (χ2n) is 6.06. The molecule has 1 saturated heterocycles. The van der Waals surface area contributed by atoms with Crippen LogP contribution in [-0.4, -0.2) is 66.9 Å². The van der Waals surface area contributed by atoms with Gasteiger partial charge < -0.3 is 20.1 Å². The van der Waals surface area contributed by atoms with Crippen LogP contribution in [0.5, 0.6) is 0 Å². The summed E-state index contributed by atoms with van der Waals surface area (Å²) in [6.45, 7) is 1.68. The molecule has 1 heterocycles. The molecule has 0 radical (unpaired) electrons. The minimum absolute atomic E-state index is 0.127. The highest BCUT2D eigenvalue weighted by Crippen LogP contribution is 2.26. The number of hydrogen-bond donors (Lipinski definition) is 2. The molecule has 26 heavy (non-hydrogen) atoms. The minimum atomic E-state index is -0.863. The van der Waals surface area contributed by atoms with Crippen molar-refractivity contribution in [3.05, 3.63) is 29.8 Å². The molecular weight excluding hydrogens is 356 g/mol. The molecule has 142 valence electrons. The molecule has 1 aliphatic heterocycles. The van der Waals surface area contributed by atoms with Gasteiger partial charge in [-0.05, 0) is 25.0 Å². The fourth-order valence-corrected chi connectivity index (χ4v) is 3.66. The lowest BCUT2D eigenvalue weighted by Gasteiger charge is -2.31. The van der Waals surface area contributed by atoms with Crippen molar-refractivity contribution in [3.8, 4) is 0 Å². The van der Waals surface area contributed by atoms with Crippen molar-refractivity contribution in [2.45, 2.75) is 17.7 Å². The molecule has 0 aliphatic carbocycles. The molecule has 2 amide bonds. The van der Waals surface area contributed by atoms with E-state index in [1.807, 2.05) is 6.07 Å². The monoisotopic (exact) mass is 380 g/mol. The summed E-state index contributed by atoms with van der Waals surface area (Å²) in [4.78, 5) is 38.2. The number of nitrogens with one attached hydrogen (secondary N) is 1. The highest BCUT2D eigenvalue weighted by atomic mass is 32.2. The zero-order chi connectivity index (χ0) is 18.9. The van der Waals surface area contributed by atoms with Gasteiger partial charge in [0.15, 0.2) is 0 Å². The van der Waals surface area contributed by atoms with E-state index < -0.39 is 11.9 Å². The van der Waals surface area contributed by atoms with Crippen molar-refractivity contribution in [2.75, 3.05) is 39.1 Å². The number of piperidine rings is 1. The van der Waals surface area contributed by atoms with Gasteiger partial charge in [-0.1, -0.05) is 12.1 Å². The van der Waals surface area contributed by atoms with Crippen molar-refractivity contribution < 1.29 is 24.2 Å². The molecule has 1 aromatic carbocycles. The van der Waals surface area contributed by atoms with E-state index in [4.69, 9.17) is 4.74 Å². The van der Waals surface area contributed by atoms with Crippen LogP contribution in [0.4, 0.5) is 0 Å². The minimum Gasteiger partial charge on any atom is -0.481 e. The highest BCUT2D eigenvalue weighted by Gasteiger charge is 2.29. The van der Waals surface area contributed by atoms with E-state index in [0.717, 1.165) is 4.90 Å². The first kappa shape index (κ1) is 20.3. The number of likely N-dealkylation sites (tertiary alicyclic amines) is 1. The number of ether oxygens (including phenoxy) is 1. The predicted molar refractivity (Wildman–Crippen MR) is 98.3 cm³/mol. The average Bonchev–Trinajstić information content (AvgIpc) is 2.66. The van der Waals surface area contributed by atoms with Crippen LogP contribution >= 0.6 is 11.8 Å². The number of benzene rings is 1. The highest BCUT2D eigenvalue weighted by molar-refractivity contribution is 8.00. The van der Waals surface area contributed by atoms with Gasteiger partial charge in [0.25, 0.3) is 5.91 Å². The summed E-state index contributed by atoms with van der Waals surface area (Å²) in [7, 11) is 1.57. The standard InChI is InChI=1S/C18H24N2O5S/c1-25-10-8-19-16(21)12-26-15-7-3-2-6-14(15)17(22)20-9-4-5-13(11-20)18(23)24/h2-3,6-7,13H,4-5,8-12H2,1H3,(H,19,21)(H,23,24). The Kier molecular flexibility index (Phi) is 7.93. The summed E-state index contributed by atoms with van der Waals surface area (Å²) in [6, 6.07) is 7.11. The van der Waals surface area contributed by atoms with E-state index in [2.05, 4.69) is 5.32 Å². The molecule has 2 N–H and O–H groups in total. The van der Waals surface area contributed by atoms with E-state index in [1.165, 1.54) is 11.8 Å². The molecule has 0 saturated carbocycles. The first-order valence-electron chi connectivity index (χ1n) is 8.52. The quantitative estimate of drug-likeness (QED) is 0.524. The van der Waals surface area contributed by atoms with Crippen LogP contribution in [0.2, 0.25) is 0 Å². The number of carboxylic acid groups (broad SMARTS) is 1. The molecule has 1 unspecified atom stereocenters. The van der Waals surface area contributed by atoms with Gasteiger partial charge >= 0.3 is 5.97 Å². The molecule has 7 nitrogen and oxygen atoms in total. The zero-order valence-electron chi connectivity index (χ0n) is 14.8. The first-order valence-corrected chi connectivity index (χ1v) is 9.51. The third kappa shape index (κ3) is 5.74. The lowest BCUT2D eigenvalue weighted by Crippen LogP contribution is -2.42. The lowest BCUT2D eigenvalue weighted by molar-refractivity contribution is -0.143. The Bertz CT molecular complexity index is 652. The van der Waals surface area contributed by atoms with Crippen molar-refractivity contribution in [1.82, 2.24) is 10.2 Å². The van der Waals surface area contributed by atoms with Crippen molar-refractivity contribution >= 4 is 29.5 Å². The molecule has 0 spiro atoms. The van der Waals surface area contributed by atoms with Crippen LogP contribution < -0.4 is 5.32 Å². The topological polar surface area (TPSA) is 95.9 Å². The molecule has 0 bridgehead atoms. The molecule has 8 heteroatoms. The Morgan fingerprint density at radius 2 is 2.12 bits per heavy atom. The van der Waals surface area contributed by atoms with Crippen molar-refractivity contribution in [3.63, 3.8) is 0 Å². The van der Waals surface area contributed by atoms with E-state index in [0.29, 0.717) is 38.1 Å². The van der Waals surface area contributed by atoms with Gasteiger partial charge in [0.05, 0.1) is 23.8 Å². The summed E-state index contributed by atoms with van der Waals surface area (Å²) in [5.74, 6) is -1.49. The van der Waals surface area contributed by atoms with Crippen LogP contribution in [0.15, 0.2) is 29.2 Å². The number of carboxylic acids is 1. The maximum absolute atomic E-state index is 12.8. The summed E-state index contributed by atoms with van der Waals surface area (Å²) in [5, 5.41) is 11.9. The fraction of sp³-hybridized carbons (Fsp3) is 0.500. The smallest absolute Gasteiger partial charge is 0.308 e. The number of thioether (sulfide) groups is 1. The van der Waals surface area contributed by atoms with Crippen LogP contribution in [0.1, 0.15) is 23.2 Å². The number of aliphatic carboxylic acids is 1. The number of hydrogen-bond acceptors (Lipinski definition) is 5. The van der Waals surface area contributed by atoms with Gasteiger partial charge in [-0.25, -0.2) is 0 Å². The van der Waals surface area contributed by atoms with Crippen LogP contribution in [0.25, 0.3) is 0 Å². The molecule has 1 fully saturated rings. The fourth-order valence-electron chi connectivity index (χ4n) is 2.79. The van der Waals surface area contributed by atoms with Gasteiger partial charge in [-0.2, -0.15) is 0 Å². The predicted octanol–water partition coefficient (Wildman–Crippen LogP) is 1.48.